The Labute approximate surface area is 117 Å². The number of hydrogen-bond acceptors (Lipinski definition) is 3. The summed E-state index contributed by atoms with van der Waals surface area (Å²) in [7, 11) is 0. The molecule has 1 aromatic heterocycles. The number of amides is 1. The van der Waals surface area contributed by atoms with Crippen molar-refractivity contribution < 1.29 is 4.79 Å². The first-order valence-electron chi connectivity index (χ1n) is 6.56. The van der Waals surface area contributed by atoms with Crippen LogP contribution in [0, 0.1) is 0 Å². The number of aromatic nitrogens is 1. The Balaban J connectivity index is 1.85. The van der Waals surface area contributed by atoms with Crippen LogP contribution < -0.4 is 0 Å². The summed E-state index contributed by atoms with van der Waals surface area (Å²) >= 11 is 7.37. The molecule has 1 saturated heterocycles. The molecule has 0 aliphatic carbocycles. The molecule has 18 heavy (non-hydrogen) atoms. The Morgan fingerprint density at radius 2 is 2.17 bits per heavy atom. The highest BCUT2D eigenvalue weighted by Gasteiger charge is 2.15. The third kappa shape index (κ3) is 3.95. The lowest BCUT2D eigenvalue weighted by Gasteiger charge is -2.24. The zero-order valence-electron chi connectivity index (χ0n) is 10.5. The number of thiazole rings is 1. The molecule has 1 aliphatic rings. The molecule has 5 heteroatoms. The first-order chi connectivity index (χ1) is 8.79. The van der Waals surface area contributed by atoms with Crippen molar-refractivity contribution in [2.75, 3.05) is 13.1 Å². The lowest BCUT2D eigenvalue weighted by atomic mass is 10.1. The van der Waals surface area contributed by atoms with Gasteiger partial charge in [0.2, 0.25) is 5.91 Å². The Kier molecular flexibility index (Phi) is 5.45. The van der Waals surface area contributed by atoms with E-state index in [0.717, 1.165) is 43.1 Å². The largest absolute Gasteiger partial charge is 0.342 e. The molecule has 2 heterocycles. The van der Waals surface area contributed by atoms with Gasteiger partial charge in [-0.15, -0.1) is 22.9 Å². The molecule has 0 saturated carbocycles. The lowest BCUT2D eigenvalue weighted by Crippen LogP contribution is -2.34. The number of likely N-dealkylation sites (tertiary alicyclic amines) is 1. The summed E-state index contributed by atoms with van der Waals surface area (Å²) in [6.07, 6.45) is 6.19. The van der Waals surface area contributed by atoms with Crippen molar-refractivity contribution in [3.8, 4) is 0 Å². The number of rotatable bonds is 4. The fourth-order valence-electron chi connectivity index (χ4n) is 2.21. The van der Waals surface area contributed by atoms with Crippen LogP contribution in [0.2, 0.25) is 0 Å². The molecule has 1 aromatic rings. The van der Waals surface area contributed by atoms with Gasteiger partial charge in [0.15, 0.2) is 0 Å². The third-order valence-corrected chi connectivity index (χ3v) is 4.48. The van der Waals surface area contributed by atoms with Gasteiger partial charge >= 0.3 is 0 Å². The summed E-state index contributed by atoms with van der Waals surface area (Å²) in [5.41, 5.74) is 0.940. The third-order valence-electron chi connectivity index (χ3n) is 3.25. The maximum absolute atomic E-state index is 11.9. The van der Waals surface area contributed by atoms with Crippen LogP contribution in [-0.4, -0.2) is 28.9 Å². The molecule has 0 unspecified atom stereocenters. The van der Waals surface area contributed by atoms with Gasteiger partial charge in [0.05, 0.1) is 16.6 Å². The smallest absolute Gasteiger partial charge is 0.222 e. The molecule has 3 nitrogen and oxygen atoms in total. The molecule has 0 aromatic carbocycles. The fourth-order valence-corrected chi connectivity index (χ4v) is 3.22. The number of nitrogens with zero attached hydrogens (tertiary/aromatic N) is 2. The number of alkyl halides is 1. The SMILES string of the molecule is O=C1CCCCCCN1CCc1nc(CCl)cs1. The topological polar surface area (TPSA) is 33.2 Å². The molecule has 1 fully saturated rings. The molecule has 1 aliphatic heterocycles. The number of halogens is 1. The number of hydrogen-bond donors (Lipinski definition) is 0. The van der Waals surface area contributed by atoms with E-state index in [-0.39, 0.29) is 0 Å². The molecule has 0 atom stereocenters. The summed E-state index contributed by atoms with van der Waals surface area (Å²) < 4.78 is 0. The van der Waals surface area contributed by atoms with E-state index in [2.05, 4.69) is 4.98 Å². The van der Waals surface area contributed by atoms with Crippen LogP contribution in [0.3, 0.4) is 0 Å². The first-order valence-corrected chi connectivity index (χ1v) is 7.98. The van der Waals surface area contributed by atoms with Crippen molar-refractivity contribution in [2.24, 2.45) is 0 Å². The van der Waals surface area contributed by atoms with Crippen LogP contribution in [-0.2, 0) is 17.1 Å². The minimum absolute atomic E-state index is 0.309. The highest BCUT2D eigenvalue weighted by molar-refractivity contribution is 7.09. The van der Waals surface area contributed by atoms with Crippen LogP contribution in [0.25, 0.3) is 0 Å². The lowest BCUT2D eigenvalue weighted by molar-refractivity contribution is -0.131. The molecule has 0 N–H and O–H groups in total. The number of carbonyl (C=O) groups excluding carboxylic acids is 1. The van der Waals surface area contributed by atoms with E-state index in [1.54, 1.807) is 11.3 Å². The predicted molar refractivity (Wildman–Crippen MR) is 75.0 cm³/mol. The van der Waals surface area contributed by atoms with Crippen molar-refractivity contribution in [1.82, 2.24) is 9.88 Å². The maximum atomic E-state index is 11.9. The second-order valence-electron chi connectivity index (χ2n) is 4.66. The first kappa shape index (κ1) is 13.8. The van der Waals surface area contributed by atoms with Crippen molar-refractivity contribution >= 4 is 28.8 Å². The van der Waals surface area contributed by atoms with Gasteiger partial charge in [-0.3, -0.25) is 4.79 Å². The van der Waals surface area contributed by atoms with Gasteiger partial charge < -0.3 is 4.90 Å². The standard InChI is InChI=1S/C13H19ClN2OS/c14-9-11-10-18-12(15-11)6-8-16-7-4-2-1-3-5-13(16)17/h10H,1-9H2. The highest BCUT2D eigenvalue weighted by atomic mass is 35.5. The summed E-state index contributed by atoms with van der Waals surface area (Å²) in [6, 6.07) is 0. The van der Waals surface area contributed by atoms with Gasteiger partial charge in [0, 0.05) is 31.3 Å². The monoisotopic (exact) mass is 286 g/mol. The zero-order chi connectivity index (χ0) is 12.8. The Morgan fingerprint density at radius 1 is 1.33 bits per heavy atom. The molecule has 100 valence electrons. The van der Waals surface area contributed by atoms with E-state index in [1.165, 1.54) is 12.8 Å². The average Bonchev–Trinajstić information content (AvgIpc) is 2.81. The van der Waals surface area contributed by atoms with Crippen molar-refractivity contribution in [2.45, 2.75) is 44.4 Å². The molecular formula is C13H19ClN2OS. The highest BCUT2D eigenvalue weighted by Crippen LogP contribution is 2.15. The molecule has 1 amide bonds. The van der Waals surface area contributed by atoms with Gasteiger partial charge in [0.1, 0.15) is 0 Å². The minimum atomic E-state index is 0.309. The van der Waals surface area contributed by atoms with E-state index >= 15 is 0 Å². The van der Waals surface area contributed by atoms with E-state index in [4.69, 9.17) is 11.6 Å². The fraction of sp³-hybridized carbons (Fsp3) is 0.692. The average molecular weight is 287 g/mol. The van der Waals surface area contributed by atoms with Gasteiger partial charge in [0.25, 0.3) is 0 Å². The quantitative estimate of drug-likeness (QED) is 0.796. The van der Waals surface area contributed by atoms with Gasteiger partial charge in [-0.1, -0.05) is 12.8 Å². The van der Waals surface area contributed by atoms with Crippen LogP contribution in [0.5, 0.6) is 0 Å². The summed E-state index contributed by atoms with van der Waals surface area (Å²) in [5.74, 6) is 0.780. The second kappa shape index (κ2) is 7.10. The van der Waals surface area contributed by atoms with E-state index in [0.29, 0.717) is 18.2 Å². The predicted octanol–water partition coefficient (Wildman–Crippen LogP) is 3.22. The molecular weight excluding hydrogens is 268 g/mol. The summed E-state index contributed by atoms with van der Waals surface area (Å²) in [6.45, 7) is 1.71. The Hall–Kier alpha value is -0.610. The molecule has 0 spiro atoms. The zero-order valence-corrected chi connectivity index (χ0v) is 12.1. The Bertz CT molecular complexity index is 394. The Morgan fingerprint density at radius 3 is 2.94 bits per heavy atom. The van der Waals surface area contributed by atoms with Crippen LogP contribution in [0.15, 0.2) is 5.38 Å². The second-order valence-corrected chi connectivity index (χ2v) is 5.87. The van der Waals surface area contributed by atoms with Gasteiger partial charge in [-0.2, -0.15) is 0 Å². The van der Waals surface area contributed by atoms with Crippen LogP contribution in [0.4, 0.5) is 0 Å². The van der Waals surface area contributed by atoms with Crippen molar-refractivity contribution in [3.05, 3.63) is 16.1 Å². The van der Waals surface area contributed by atoms with Crippen molar-refractivity contribution in [1.29, 1.82) is 0 Å². The van der Waals surface area contributed by atoms with Crippen LogP contribution >= 0.6 is 22.9 Å². The maximum Gasteiger partial charge on any atom is 0.222 e. The normalized spacial score (nSPS) is 17.6. The van der Waals surface area contributed by atoms with E-state index in [1.807, 2.05) is 10.3 Å². The van der Waals surface area contributed by atoms with E-state index in [9.17, 15) is 4.79 Å². The minimum Gasteiger partial charge on any atom is -0.342 e. The molecule has 2 rings (SSSR count). The van der Waals surface area contributed by atoms with Gasteiger partial charge in [-0.25, -0.2) is 4.98 Å². The summed E-state index contributed by atoms with van der Waals surface area (Å²) in [4.78, 5) is 18.4. The molecule has 0 radical (unpaired) electrons. The van der Waals surface area contributed by atoms with Crippen molar-refractivity contribution in [3.63, 3.8) is 0 Å². The van der Waals surface area contributed by atoms with Gasteiger partial charge in [-0.05, 0) is 12.8 Å². The van der Waals surface area contributed by atoms with E-state index < -0.39 is 0 Å². The molecule has 0 bridgehead atoms. The number of carbonyl (C=O) groups is 1. The van der Waals surface area contributed by atoms with Crippen LogP contribution in [0.1, 0.15) is 42.8 Å². The summed E-state index contributed by atoms with van der Waals surface area (Å²) in [5, 5.41) is 3.08.